The second kappa shape index (κ2) is 14.2. The molecule has 1 saturated carbocycles. The summed E-state index contributed by atoms with van der Waals surface area (Å²) in [6, 6.07) is 8.65. The van der Waals surface area contributed by atoms with Crippen molar-refractivity contribution in [3.8, 4) is 11.5 Å². The molecule has 190 valence electrons. The standard InChI is InChI=1S/C26H27Cl2N2O4.CH3.U/c1-4-6-22(29-15-31)25(33)30-17-12-20(27)24(21(28)13-17)34-18-9-8-16(3)19(14-18)26(10-11-26)23(32)7-5-2;;/h6,8-9,12-14H,4-5,7,10-11H2,1-3H3,(H,29,31)(H,30,33);1H3;/q2*-1;+2/b22-6+;;. The average molecular weight is 755 g/mol. The summed E-state index contributed by atoms with van der Waals surface area (Å²) in [5.41, 5.74) is 2.02. The molecule has 2 N–H and O–H groups in total. The zero-order valence-electron chi connectivity index (χ0n) is 20.9. The van der Waals surface area contributed by atoms with Gasteiger partial charge in [0.1, 0.15) is 11.5 Å². The number of hydrogen-bond donors (Lipinski definition) is 2. The van der Waals surface area contributed by atoms with E-state index in [1.54, 1.807) is 6.08 Å². The van der Waals surface area contributed by atoms with Crippen molar-refractivity contribution < 1.29 is 50.2 Å². The first-order valence-corrected chi connectivity index (χ1v) is 12.0. The zero-order chi connectivity index (χ0) is 24.9. The smallest absolute Gasteiger partial charge is 0.486 e. The molecule has 2 aromatic carbocycles. The van der Waals surface area contributed by atoms with E-state index in [1.165, 1.54) is 18.5 Å². The molecule has 0 radical (unpaired) electrons. The third-order valence-electron chi connectivity index (χ3n) is 5.80. The van der Waals surface area contributed by atoms with Crippen LogP contribution in [0.1, 0.15) is 57.1 Å². The Kier molecular flexibility index (Phi) is 12.8. The van der Waals surface area contributed by atoms with E-state index in [9.17, 15) is 14.4 Å². The number of amides is 2. The number of carbonyl (C=O) groups excluding carboxylic acids is 3. The zero-order valence-corrected chi connectivity index (χ0v) is 26.6. The predicted molar refractivity (Wildman–Crippen MR) is 141 cm³/mol. The van der Waals surface area contributed by atoms with Crippen LogP contribution in [-0.2, 0) is 19.8 Å². The summed E-state index contributed by atoms with van der Waals surface area (Å²) in [5, 5.41) is 5.29. The number of halogens is 2. The molecule has 1 fully saturated rings. The van der Waals surface area contributed by atoms with Crippen LogP contribution in [0.15, 0.2) is 42.1 Å². The summed E-state index contributed by atoms with van der Waals surface area (Å²) in [4.78, 5) is 35.8. The summed E-state index contributed by atoms with van der Waals surface area (Å²) in [7, 11) is 0. The van der Waals surface area contributed by atoms with Crippen LogP contribution in [0.3, 0.4) is 0 Å². The van der Waals surface area contributed by atoms with Gasteiger partial charge in [-0.05, 0) is 67.3 Å². The molecular weight excluding hydrogens is 725 g/mol. The Morgan fingerprint density at radius 2 is 1.78 bits per heavy atom. The van der Waals surface area contributed by atoms with Gasteiger partial charge >= 0.3 is 31.1 Å². The first-order chi connectivity index (χ1) is 16.2. The third kappa shape index (κ3) is 7.38. The fourth-order valence-corrected chi connectivity index (χ4v) is 4.54. The van der Waals surface area contributed by atoms with Crippen LogP contribution in [0.5, 0.6) is 11.5 Å². The molecule has 0 heterocycles. The predicted octanol–water partition coefficient (Wildman–Crippen LogP) is 6.83. The van der Waals surface area contributed by atoms with Gasteiger partial charge in [-0.25, -0.2) is 0 Å². The first-order valence-electron chi connectivity index (χ1n) is 11.2. The number of hydrogen-bond acceptors (Lipinski definition) is 4. The molecular formula is C27H30Cl2N2O4U. The van der Waals surface area contributed by atoms with Gasteiger partial charge in [-0.15, -0.1) is 6.08 Å². The molecule has 6 nitrogen and oxygen atoms in total. The number of rotatable bonds is 11. The number of allylic oxidation sites excluding steroid dienone is 1. The van der Waals surface area contributed by atoms with Gasteiger partial charge in [0, 0.05) is 12.1 Å². The van der Waals surface area contributed by atoms with Gasteiger partial charge in [-0.3, -0.25) is 9.59 Å². The molecule has 0 saturated heterocycles. The second-order valence-electron chi connectivity index (χ2n) is 8.31. The summed E-state index contributed by atoms with van der Waals surface area (Å²) in [6.45, 7) is 5.84. The molecule has 0 spiro atoms. The van der Waals surface area contributed by atoms with Crippen LogP contribution >= 0.6 is 23.2 Å². The minimum Gasteiger partial charge on any atom is -0.486 e. The van der Waals surface area contributed by atoms with Crippen molar-refractivity contribution in [2.75, 3.05) is 5.32 Å². The van der Waals surface area contributed by atoms with E-state index in [2.05, 4.69) is 10.6 Å². The Labute approximate surface area is 246 Å². The molecule has 36 heavy (non-hydrogen) atoms. The first kappa shape index (κ1) is 32.3. The van der Waals surface area contributed by atoms with E-state index in [4.69, 9.17) is 27.9 Å². The number of nitrogens with one attached hydrogen (secondary N) is 2. The van der Waals surface area contributed by atoms with Gasteiger partial charge in [-0.2, -0.15) is 0 Å². The molecule has 9 heteroatoms. The Hall–Kier alpha value is -1.78. The van der Waals surface area contributed by atoms with Gasteiger partial charge in [0.2, 0.25) is 0 Å². The van der Waals surface area contributed by atoms with Crippen molar-refractivity contribution >= 4 is 47.0 Å². The summed E-state index contributed by atoms with van der Waals surface area (Å²) in [5.74, 6) is 0.505. The van der Waals surface area contributed by atoms with Crippen molar-refractivity contribution in [3.63, 3.8) is 0 Å². The molecule has 2 amide bonds. The summed E-state index contributed by atoms with van der Waals surface area (Å²) in [6.07, 6.45) is 6.68. The van der Waals surface area contributed by atoms with Crippen LogP contribution in [0.4, 0.5) is 5.69 Å². The summed E-state index contributed by atoms with van der Waals surface area (Å²) >= 11 is 12.9. The maximum atomic E-state index is 12.8. The molecule has 2 aromatic rings. The number of ketones is 1. The van der Waals surface area contributed by atoms with Crippen LogP contribution in [0.25, 0.3) is 0 Å². The number of anilines is 1. The number of aryl methyl sites for hydroxylation is 1. The molecule has 3 rings (SSSR count). The van der Waals surface area contributed by atoms with Gasteiger partial charge in [-0.1, -0.05) is 49.5 Å². The average Bonchev–Trinajstić information content (AvgIpc) is 3.59. The Morgan fingerprint density at radius 3 is 2.31 bits per heavy atom. The quantitative estimate of drug-likeness (QED) is 0.150. The van der Waals surface area contributed by atoms with Crippen molar-refractivity contribution in [1.29, 1.82) is 0 Å². The molecule has 0 atom stereocenters. The number of carbonyl (C=O) groups is 2. The minimum absolute atomic E-state index is 0. The fraction of sp³-hybridized carbons (Fsp3) is 0.333. The molecule has 1 aliphatic carbocycles. The SMILES string of the molecule is CC/C=C(/N[C-]=O)C(=O)Nc1cc(Cl)c(Oc2ccc(C)c(C3(C(=O)CCC)CC3)c2)c(Cl)c1.[CH3-].[U+2]. The van der Waals surface area contributed by atoms with E-state index < -0.39 is 11.3 Å². The van der Waals surface area contributed by atoms with Gasteiger partial charge in [0.15, 0.2) is 11.7 Å². The number of ether oxygens (including phenoxy) is 1. The third-order valence-corrected chi connectivity index (χ3v) is 6.36. The van der Waals surface area contributed by atoms with Gasteiger partial charge in [0.25, 0.3) is 0 Å². The van der Waals surface area contributed by atoms with Crippen molar-refractivity contribution in [1.82, 2.24) is 5.32 Å². The van der Waals surface area contributed by atoms with E-state index in [1.807, 2.05) is 39.0 Å². The normalized spacial score (nSPS) is 13.5. The van der Waals surface area contributed by atoms with E-state index in [-0.39, 0.29) is 65.8 Å². The van der Waals surface area contributed by atoms with Gasteiger partial charge in [0.05, 0.1) is 21.9 Å². The number of benzene rings is 2. The van der Waals surface area contributed by atoms with Crippen molar-refractivity contribution in [2.24, 2.45) is 0 Å². The molecule has 0 unspecified atom stereocenters. The molecule has 0 aliphatic heterocycles. The molecule has 1 aliphatic rings. The Bertz CT molecular complexity index is 1120. The van der Waals surface area contributed by atoms with Crippen LogP contribution < -0.4 is 15.4 Å². The van der Waals surface area contributed by atoms with Crippen LogP contribution in [-0.4, -0.2) is 18.1 Å². The van der Waals surface area contributed by atoms with Crippen molar-refractivity contribution in [3.05, 3.63) is 70.7 Å². The van der Waals surface area contributed by atoms with E-state index in [0.29, 0.717) is 24.3 Å². The fourth-order valence-electron chi connectivity index (χ4n) is 3.98. The number of Topliss-reactive ketones (excluding diaryl/α,β-unsaturated/α-hetero) is 1. The second-order valence-corrected chi connectivity index (χ2v) is 9.12. The maximum Gasteiger partial charge on any atom is 2.00 e. The molecule has 0 aromatic heterocycles. The van der Waals surface area contributed by atoms with E-state index in [0.717, 1.165) is 30.4 Å². The van der Waals surface area contributed by atoms with E-state index >= 15 is 0 Å². The van der Waals surface area contributed by atoms with Crippen molar-refractivity contribution in [2.45, 2.75) is 58.3 Å². The summed E-state index contributed by atoms with van der Waals surface area (Å²) < 4.78 is 6.02. The van der Waals surface area contributed by atoms with Crippen LogP contribution in [0, 0.1) is 45.5 Å². The Morgan fingerprint density at radius 1 is 1.14 bits per heavy atom. The molecule has 0 bridgehead atoms. The monoisotopic (exact) mass is 754 g/mol. The minimum atomic E-state index is -0.527. The van der Waals surface area contributed by atoms with Crippen LogP contribution in [0.2, 0.25) is 10.0 Å². The largest absolute Gasteiger partial charge is 2.00 e. The van der Waals surface area contributed by atoms with Gasteiger partial charge < -0.3 is 27.6 Å². The topological polar surface area (TPSA) is 84.5 Å². The maximum absolute atomic E-state index is 12.8. The Balaban J connectivity index is 0.00000324.